The quantitative estimate of drug-likeness (QED) is 0.0169. The van der Waals surface area contributed by atoms with Crippen LogP contribution in [0.2, 0.25) is 0 Å². The molecule has 0 amide bonds. The number of carbonyl (C=O) groups excluding carboxylic acids is 4. The largest absolute Gasteiger partial charge is 0.472 e. The van der Waals surface area contributed by atoms with Gasteiger partial charge in [-0.2, -0.15) is 0 Å². The zero-order valence-corrected chi connectivity index (χ0v) is 66.8. The van der Waals surface area contributed by atoms with Gasteiger partial charge >= 0.3 is 39.5 Å². The minimum atomic E-state index is -4.97. The molecule has 0 saturated heterocycles. The summed E-state index contributed by atoms with van der Waals surface area (Å²) in [6.45, 7) is 9.49. The van der Waals surface area contributed by atoms with Crippen molar-refractivity contribution in [3.8, 4) is 0 Å². The van der Waals surface area contributed by atoms with Crippen LogP contribution >= 0.6 is 15.6 Å². The van der Waals surface area contributed by atoms with Crippen LogP contribution < -0.4 is 0 Å². The minimum Gasteiger partial charge on any atom is -0.462 e. The molecule has 0 rings (SSSR count). The van der Waals surface area contributed by atoms with Crippen LogP contribution in [0.1, 0.15) is 401 Å². The average Bonchev–Trinajstić information content (AvgIpc) is 0.953. The zero-order chi connectivity index (χ0) is 73.5. The summed E-state index contributed by atoms with van der Waals surface area (Å²) in [6, 6.07) is 0. The molecule has 590 valence electrons. The van der Waals surface area contributed by atoms with E-state index in [1.807, 2.05) is 0 Å². The Balaban J connectivity index is 5.25. The van der Waals surface area contributed by atoms with Crippen LogP contribution in [0.25, 0.3) is 0 Å². The predicted octanol–water partition coefficient (Wildman–Crippen LogP) is 23.8. The molecule has 0 aromatic carbocycles. The van der Waals surface area contributed by atoms with Crippen molar-refractivity contribution >= 4 is 39.5 Å². The molecule has 100 heavy (non-hydrogen) atoms. The van der Waals surface area contributed by atoms with Gasteiger partial charge in [0.25, 0.3) is 0 Å². The number of unbranched alkanes of at least 4 members (excludes halogenated alkanes) is 45. The van der Waals surface area contributed by atoms with Crippen molar-refractivity contribution in [3.05, 3.63) is 24.3 Å². The Morgan fingerprint density at radius 3 is 0.820 bits per heavy atom. The molecule has 17 nitrogen and oxygen atoms in total. The molecule has 0 fully saturated rings. The first kappa shape index (κ1) is 97.5. The Bertz CT molecular complexity index is 2020. The number of rotatable bonds is 78. The molecule has 0 aliphatic heterocycles. The van der Waals surface area contributed by atoms with E-state index in [1.165, 1.54) is 199 Å². The van der Waals surface area contributed by atoms with Gasteiger partial charge in [-0.3, -0.25) is 37.3 Å². The summed E-state index contributed by atoms with van der Waals surface area (Å²) >= 11 is 0. The third-order valence-electron chi connectivity index (χ3n) is 18.3. The normalized spacial score (nSPS) is 14.1. The van der Waals surface area contributed by atoms with Crippen LogP contribution in [0, 0.1) is 11.8 Å². The Morgan fingerprint density at radius 1 is 0.310 bits per heavy atom. The highest BCUT2D eigenvalue weighted by atomic mass is 31.2. The van der Waals surface area contributed by atoms with E-state index in [0.29, 0.717) is 31.6 Å². The lowest BCUT2D eigenvalue weighted by molar-refractivity contribution is -0.161. The van der Waals surface area contributed by atoms with Gasteiger partial charge in [-0.1, -0.05) is 348 Å². The van der Waals surface area contributed by atoms with Crippen LogP contribution in [0.15, 0.2) is 24.3 Å². The molecule has 19 heteroatoms. The summed E-state index contributed by atoms with van der Waals surface area (Å²) in [6.07, 6.45) is 64.9. The van der Waals surface area contributed by atoms with E-state index in [-0.39, 0.29) is 25.7 Å². The van der Waals surface area contributed by atoms with Crippen molar-refractivity contribution in [2.24, 2.45) is 11.8 Å². The van der Waals surface area contributed by atoms with E-state index in [2.05, 4.69) is 65.8 Å². The lowest BCUT2D eigenvalue weighted by Crippen LogP contribution is -2.30. The molecule has 5 atom stereocenters. The maximum atomic E-state index is 13.1. The molecule has 0 bridgehead atoms. The van der Waals surface area contributed by atoms with Crippen molar-refractivity contribution in [2.75, 3.05) is 39.6 Å². The Kier molecular flexibility index (Phi) is 70.3. The van der Waals surface area contributed by atoms with Crippen LogP contribution in [0.3, 0.4) is 0 Å². The van der Waals surface area contributed by atoms with Gasteiger partial charge in [0, 0.05) is 25.7 Å². The summed E-state index contributed by atoms with van der Waals surface area (Å²) in [5.74, 6) is -0.677. The zero-order valence-electron chi connectivity index (χ0n) is 65.0. The first-order valence-electron chi connectivity index (χ1n) is 41.3. The Hall–Kier alpha value is -2.46. The van der Waals surface area contributed by atoms with Crippen molar-refractivity contribution < 1.29 is 80.2 Å². The second-order valence-electron chi connectivity index (χ2n) is 29.4. The SMILES string of the molecule is CCCCCC/C=C\C=C/CCCCCCCC(=O)O[C@H](COC(=O)CCCCCCCCC(C)C)COP(=O)(O)OC[C@H](O)COP(=O)(O)OC[C@@H](COC(=O)CCCCCCCCCCCCCCCC(C)C)OC(=O)CCCCCCCCCCCCCCCCCCCCCC. The third-order valence-corrected chi connectivity index (χ3v) is 20.2. The smallest absolute Gasteiger partial charge is 0.462 e. The van der Waals surface area contributed by atoms with Crippen molar-refractivity contribution in [2.45, 2.75) is 419 Å². The van der Waals surface area contributed by atoms with Gasteiger partial charge in [0.1, 0.15) is 19.3 Å². The third kappa shape index (κ3) is 73.8. The lowest BCUT2D eigenvalue weighted by Gasteiger charge is -2.21. The van der Waals surface area contributed by atoms with E-state index in [1.54, 1.807) is 0 Å². The summed E-state index contributed by atoms with van der Waals surface area (Å²) in [7, 11) is -9.93. The number of hydrogen-bond donors (Lipinski definition) is 3. The first-order chi connectivity index (χ1) is 48.4. The van der Waals surface area contributed by atoms with Crippen LogP contribution in [0.4, 0.5) is 0 Å². The van der Waals surface area contributed by atoms with Crippen LogP contribution in [-0.2, 0) is 65.4 Å². The van der Waals surface area contributed by atoms with Gasteiger partial charge in [0.2, 0.25) is 0 Å². The molecule has 0 radical (unpaired) electrons. The number of phosphoric acid groups is 2. The second kappa shape index (κ2) is 72.1. The highest BCUT2D eigenvalue weighted by Crippen LogP contribution is 2.45. The number of allylic oxidation sites excluding steroid dienone is 4. The van der Waals surface area contributed by atoms with Gasteiger partial charge in [0.15, 0.2) is 12.2 Å². The van der Waals surface area contributed by atoms with Gasteiger partial charge in [-0.05, 0) is 63.2 Å². The molecule has 2 unspecified atom stereocenters. The molecule has 0 aromatic rings. The number of esters is 4. The van der Waals surface area contributed by atoms with Crippen LogP contribution in [0.5, 0.6) is 0 Å². The summed E-state index contributed by atoms with van der Waals surface area (Å²) in [5.41, 5.74) is 0. The van der Waals surface area contributed by atoms with Gasteiger partial charge in [-0.15, -0.1) is 0 Å². The van der Waals surface area contributed by atoms with Gasteiger partial charge < -0.3 is 33.8 Å². The molecular formula is C81H154O17P2. The monoisotopic (exact) mass is 1460 g/mol. The second-order valence-corrected chi connectivity index (χ2v) is 32.3. The van der Waals surface area contributed by atoms with E-state index in [4.69, 9.17) is 37.0 Å². The van der Waals surface area contributed by atoms with Crippen LogP contribution in [-0.4, -0.2) is 96.7 Å². The van der Waals surface area contributed by atoms with Crippen molar-refractivity contribution in [1.29, 1.82) is 0 Å². The summed E-state index contributed by atoms with van der Waals surface area (Å²) in [4.78, 5) is 72.9. The summed E-state index contributed by atoms with van der Waals surface area (Å²) in [5, 5.41) is 10.6. The fraction of sp³-hybridized carbons (Fsp3) is 0.901. The maximum Gasteiger partial charge on any atom is 0.472 e. The minimum absolute atomic E-state index is 0.0841. The first-order valence-corrected chi connectivity index (χ1v) is 44.3. The molecule has 0 aliphatic carbocycles. The lowest BCUT2D eigenvalue weighted by atomic mass is 10.0. The number of aliphatic hydroxyl groups is 1. The van der Waals surface area contributed by atoms with Crippen molar-refractivity contribution in [1.82, 2.24) is 0 Å². The standard InChI is InChI=1S/C81H154O17P2/c1-7-9-11-13-15-17-19-21-23-24-25-26-27-29-33-38-42-46-54-60-65-80(85)97-76(69-91-78(83)63-57-51-44-40-36-34-30-31-35-39-43-49-55-61-73(3)4)71-95-99(87,88)93-67-75(82)68-94-100(89,90)96-72-77(70-92-79(84)64-58-52-48-47-50-56-62-74(5)6)98-81(86)66-59-53-45-41-37-32-28-22-20-18-16-14-12-10-8-2/h18,20,22,28,73-77,82H,7-17,19,21,23-27,29-72H2,1-6H3,(H,87,88)(H,89,90)/b20-18-,28-22-/t75-,76-,77-/m1/s1. The highest BCUT2D eigenvalue weighted by molar-refractivity contribution is 7.47. The van der Waals surface area contributed by atoms with E-state index >= 15 is 0 Å². The number of phosphoric ester groups is 2. The Morgan fingerprint density at radius 2 is 0.540 bits per heavy atom. The fourth-order valence-corrected chi connectivity index (χ4v) is 13.6. The molecular weight excluding hydrogens is 1310 g/mol. The average molecular weight is 1460 g/mol. The molecule has 3 N–H and O–H groups in total. The number of ether oxygens (including phenoxy) is 4. The summed E-state index contributed by atoms with van der Waals surface area (Å²) < 4.78 is 68.6. The maximum absolute atomic E-state index is 13.1. The highest BCUT2D eigenvalue weighted by Gasteiger charge is 2.30. The topological polar surface area (TPSA) is 237 Å². The molecule has 0 heterocycles. The molecule has 0 aromatic heterocycles. The molecule has 0 spiro atoms. The number of hydrogen-bond acceptors (Lipinski definition) is 15. The Labute approximate surface area is 612 Å². The van der Waals surface area contributed by atoms with Crippen molar-refractivity contribution in [3.63, 3.8) is 0 Å². The van der Waals surface area contributed by atoms with Gasteiger partial charge in [0.05, 0.1) is 26.4 Å². The fourth-order valence-electron chi connectivity index (χ4n) is 12.0. The molecule has 0 saturated carbocycles. The number of aliphatic hydroxyl groups excluding tert-OH is 1. The predicted molar refractivity (Wildman–Crippen MR) is 409 cm³/mol. The molecule has 0 aliphatic rings. The number of carbonyl (C=O) groups is 4. The van der Waals surface area contributed by atoms with E-state index in [9.17, 15) is 43.2 Å². The van der Waals surface area contributed by atoms with E-state index < -0.39 is 97.5 Å². The van der Waals surface area contributed by atoms with E-state index in [0.717, 1.165) is 115 Å². The van der Waals surface area contributed by atoms with Gasteiger partial charge in [-0.25, -0.2) is 9.13 Å².